The number of hydrogen-bond acceptors (Lipinski definition) is 6. The largest absolute Gasteiger partial charge is 0.368 e. The van der Waals surface area contributed by atoms with Crippen LogP contribution in [-0.4, -0.2) is 35.9 Å². The van der Waals surface area contributed by atoms with Gasteiger partial charge < -0.3 is 11.1 Å². The molecule has 96 valence electrons. The van der Waals surface area contributed by atoms with E-state index in [0.29, 0.717) is 10.8 Å². The van der Waals surface area contributed by atoms with Gasteiger partial charge in [0.2, 0.25) is 5.95 Å². The molecule has 1 rings (SSSR count). The Morgan fingerprint density at radius 2 is 2.12 bits per heavy atom. The molecule has 8 heteroatoms. The Morgan fingerprint density at radius 3 is 2.65 bits per heavy atom. The molecule has 1 aromatic rings. The van der Waals surface area contributed by atoms with Gasteiger partial charge >= 0.3 is 0 Å². The predicted molar refractivity (Wildman–Crippen MR) is 68.9 cm³/mol. The number of anilines is 2. The van der Waals surface area contributed by atoms with Crippen LogP contribution in [-0.2, 0) is 9.84 Å². The molecule has 1 heterocycles. The first-order valence-corrected chi connectivity index (χ1v) is 7.12. The Labute approximate surface area is 106 Å². The molecule has 0 aliphatic carbocycles. The average Bonchev–Trinajstić information content (AvgIpc) is 2.18. The lowest BCUT2D eigenvalue weighted by Crippen LogP contribution is -2.38. The smallest absolute Gasteiger partial charge is 0.222 e. The molecule has 0 bridgehead atoms. The zero-order valence-corrected chi connectivity index (χ0v) is 11.4. The first-order valence-electron chi connectivity index (χ1n) is 4.85. The summed E-state index contributed by atoms with van der Waals surface area (Å²) in [5, 5.41) is 3.15. The van der Waals surface area contributed by atoms with Crippen LogP contribution in [0.2, 0.25) is 5.02 Å². The molecular weight excluding hydrogens is 264 g/mol. The average molecular weight is 279 g/mol. The SMILES string of the molecule is CC(C)(CNc1nc(N)ncc1Cl)S(C)(=O)=O. The van der Waals surface area contributed by atoms with Crippen LogP contribution < -0.4 is 11.1 Å². The summed E-state index contributed by atoms with van der Waals surface area (Å²) in [5.41, 5.74) is 5.41. The first kappa shape index (κ1) is 14.0. The fourth-order valence-electron chi connectivity index (χ4n) is 0.932. The van der Waals surface area contributed by atoms with Crippen LogP contribution in [0.15, 0.2) is 6.20 Å². The van der Waals surface area contributed by atoms with Crippen molar-refractivity contribution in [3.05, 3.63) is 11.2 Å². The second-order valence-electron chi connectivity index (χ2n) is 4.31. The highest BCUT2D eigenvalue weighted by Crippen LogP contribution is 2.21. The molecule has 0 aromatic carbocycles. The number of rotatable bonds is 4. The number of hydrogen-bond donors (Lipinski definition) is 2. The number of aromatic nitrogens is 2. The van der Waals surface area contributed by atoms with E-state index in [1.165, 1.54) is 12.5 Å². The van der Waals surface area contributed by atoms with Crippen LogP contribution in [0.4, 0.5) is 11.8 Å². The Kier molecular flexibility index (Phi) is 3.83. The minimum Gasteiger partial charge on any atom is -0.368 e. The molecule has 0 aliphatic rings. The lowest BCUT2D eigenvalue weighted by Gasteiger charge is -2.23. The van der Waals surface area contributed by atoms with E-state index in [9.17, 15) is 8.42 Å². The summed E-state index contributed by atoms with van der Waals surface area (Å²) in [6.07, 6.45) is 2.55. The van der Waals surface area contributed by atoms with E-state index in [1.807, 2.05) is 0 Å². The van der Waals surface area contributed by atoms with E-state index in [0.717, 1.165) is 0 Å². The molecule has 0 saturated carbocycles. The summed E-state index contributed by atoms with van der Waals surface area (Å²) in [4.78, 5) is 7.60. The lowest BCUT2D eigenvalue weighted by molar-refractivity contribution is 0.559. The highest BCUT2D eigenvalue weighted by Gasteiger charge is 2.30. The number of halogens is 1. The molecule has 0 saturated heterocycles. The zero-order chi connectivity index (χ0) is 13.3. The molecule has 0 amide bonds. The summed E-state index contributed by atoms with van der Waals surface area (Å²) in [6, 6.07) is 0. The number of sulfone groups is 1. The standard InChI is InChI=1S/C9H15ClN4O2S/c1-9(2,17(3,15)16)5-13-7-6(10)4-12-8(11)14-7/h4H,5H2,1-3H3,(H3,11,12,13,14). The molecule has 0 unspecified atom stereocenters. The zero-order valence-electron chi connectivity index (χ0n) is 9.86. The van der Waals surface area contributed by atoms with Crippen molar-refractivity contribution in [1.29, 1.82) is 0 Å². The lowest BCUT2D eigenvalue weighted by atomic mass is 10.2. The van der Waals surface area contributed by atoms with E-state index in [1.54, 1.807) is 13.8 Å². The van der Waals surface area contributed by atoms with Gasteiger partial charge in [-0.2, -0.15) is 4.98 Å². The summed E-state index contributed by atoms with van der Waals surface area (Å²) in [7, 11) is -3.18. The molecule has 0 fully saturated rings. The maximum atomic E-state index is 11.5. The molecule has 1 aromatic heterocycles. The summed E-state index contributed by atoms with van der Waals surface area (Å²) < 4.78 is 22.1. The monoisotopic (exact) mass is 278 g/mol. The van der Waals surface area contributed by atoms with E-state index >= 15 is 0 Å². The Bertz CT molecular complexity index is 516. The molecule has 0 radical (unpaired) electrons. The van der Waals surface area contributed by atoms with Gasteiger partial charge in [0, 0.05) is 12.8 Å². The van der Waals surface area contributed by atoms with Crippen molar-refractivity contribution >= 4 is 33.2 Å². The van der Waals surface area contributed by atoms with Crippen LogP contribution in [0.1, 0.15) is 13.8 Å². The van der Waals surface area contributed by atoms with Gasteiger partial charge in [-0.3, -0.25) is 0 Å². The van der Waals surface area contributed by atoms with Crippen molar-refractivity contribution in [2.75, 3.05) is 23.9 Å². The Morgan fingerprint density at radius 1 is 1.53 bits per heavy atom. The molecule has 17 heavy (non-hydrogen) atoms. The van der Waals surface area contributed by atoms with Gasteiger partial charge in [-0.05, 0) is 13.8 Å². The molecular formula is C9H15ClN4O2S. The second-order valence-corrected chi connectivity index (χ2v) is 7.37. The van der Waals surface area contributed by atoms with E-state index in [2.05, 4.69) is 15.3 Å². The van der Waals surface area contributed by atoms with Gasteiger partial charge in [-0.1, -0.05) is 11.6 Å². The maximum Gasteiger partial charge on any atom is 0.222 e. The van der Waals surface area contributed by atoms with Crippen LogP contribution >= 0.6 is 11.6 Å². The van der Waals surface area contributed by atoms with Gasteiger partial charge in [0.25, 0.3) is 0 Å². The maximum absolute atomic E-state index is 11.5. The molecule has 0 aliphatic heterocycles. The van der Waals surface area contributed by atoms with E-state index in [-0.39, 0.29) is 12.5 Å². The van der Waals surface area contributed by atoms with Gasteiger partial charge in [-0.25, -0.2) is 13.4 Å². The number of nitrogen functional groups attached to an aromatic ring is 1. The molecule has 0 spiro atoms. The third-order valence-corrected chi connectivity index (χ3v) is 4.88. The van der Waals surface area contributed by atoms with Crippen molar-refractivity contribution in [3.8, 4) is 0 Å². The quantitative estimate of drug-likeness (QED) is 0.851. The van der Waals surface area contributed by atoms with Gasteiger partial charge in [0.05, 0.1) is 10.9 Å². The molecule has 6 nitrogen and oxygen atoms in total. The van der Waals surface area contributed by atoms with Crippen molar-refractivity contribution < 1.29 is 8.42 Å². The fourth-order valence-corrected chi connectivity index (χ4v) is 1.42. The fraction of sp³-hybridized carbons (Fsp3) is 0.556. The molecule has 3 N–H and O–H groups in total. The molecule has 0 atom stereocenters. The number of nitrogens with two attached hydrogens (primary N) is 1. The van der Waals surface area contributed by atoms with E-state index in [4.69, 9.17) is 17.3 Å². The van der Waals surface area contributed by atoms with Crippen LogP contribution in [0, 0.1) is 0 Å². The predicted octanol–water partition coefficient (Wildman–Crippen LogP) is 0.947. The van der Waals surface area contributed by atoms with Gasteiger partial charge in [0.1, 0.15) is 5.02 Å². The van der Waals surface area contributed by atoms with Gasteiger partial charge in [0.15, 0.2) is 15.7 Å². The Hall–Kier alpha value is -1.08. The van der Waals surface area contributed by atoms with Crippen LogP contribution in [0.25, 0.3) is 0 Å². The Balaban J connectivity index is 2.84. The van der Waals surface area contributed by atoms with Crippen LogP contribution in [0.3, 0.4) is 0 Å². The normalized spacial score (nSPS) is 12.5. The summed E-state index contributed by atoms with van der Waals surface area (Å²) in [6.45, 7) is 3.42. The third kappa shape index (κ3) is 3.44. The van der Waals surface area contributed by atoms with Gasteiger partial charge in [-0.15, -0.1) is 0 Å². The minimum atomic E-state index is -3.18. The topological polar surface area (TPSA) is 98.0 Å². The number of nitrogens with zero attached hydrogens (tertiary/aromatic N) is 2. The highest BCUT2D eigenvalue weighted by atomic mass is 35.5. The van der Waals surface area contributed by atoms with Crippen molar-refractivity contribution in [2.45, 2.75) is 18.6 Å². The van der Waals surface area contributed by atoms with E-state index < -0.39 is 14.6 Å². The minimum absolute atomic E-state index is 0.0778. The number of nitrogens with one attached hydrogen (secondary N) is 1. The van der Waals surface area contributed by atoms with Crippen molar-refractivity contribution in [1.82, 2.24) is 9.97 Å². The second kappa shape index (κ2) is 4.66. The highest BCUT2D eigenvalue weighted by molar-refractivity contribution is 7.92. The third-order valence-electron chi connectivity index (χ3n) is 2.45. The summed E-state index contributed by atoms with van der Waals surface area (Å²) >= 11 is 5.85. The summed E-state index contributed by atoms with van der Waals surface area (Å²) in [5.74, 6) is 0.407. The van der Waals surface area contributed by atoms with Crippen LogP contribution in [0.5, 0.6) is 0 Å². The first-order chi connectivity index (χ1) is 7.63. The van der Waals surface area contributed by atoms with Crippen molar-refractivity contribution in [2.24, 2.45) is 0 Å². The van der Waals surface area contributed by atoms with Crippen molar-refractivity contribution in [3.63, 3.8) is 0 Å².